The van der Waals surface area contributed by atoms with Gasteiger partial charge in [0.25, 0.3) is 5.91 Å². The molecule has 6 nitrogen and oxygen atoms in total. The van der Waals surface area contributed by atoms with Gasteiger partial charge in [-0.15, -0.1) is 0 Å². The number of hydrogen-bond donors (Lipinski definition) is 3. The number of amides is 2. The van der Waals surface area contributed by atoms with Crippen LogP contribution in [0.3, 0.4) is 0 Å². The zero-order chi connectivity index (χ0) is 18.2. The summed E-state index contributed by atoms with van der Waals surface area (Å²) in [5.41, 5.74) is 2.45. The summed E-state index contributed by atoms with van der Waals surface area (Å²) >= 11 is 0. The van der Waals surface area contributed by atoms with Gasteiger partial charge in [0.1, 0.15) is 5.69 Å². The van der Waals surface area contributed by atoms with E-state index in [2.05, 4.69) is 34.8 Å². The fourth-order valence-corrected chi connectivity index (χ4v) is 2.21. The molecule has 0 fully saturated rings. The standard InChI is InChI=1S/C19H24N4O2/c1-13(2)9-10-20-17-7-8-18(21-12-17)19(25)23-16-6-4-5-15(11-16)22-14(3)24/h4-8,11-13,20H,9-10H2,1-3H3,(H,22,24)(H,23,25). The number of anilines is 3. The van der Waals surface area contributed by atoms with Crippen LogP contribution >= 0.6 is 0 Å². The summed E-state index contributed by atoms with van der Waals surface area (Å²) in [4.78, 5) is 27.6. The van der Waals surface area contributed by atoms with Crippen LogP contribution in [-0.4, -0.2) is 23.3 Å². The molecule has 0 spiro atoms. The molecular weight excluding hydrogens is 316 g/mol. The molecule has 0 aliphatic carbocycles. The number of benzene rings is 1. The fourth-order valence-electron chi connectivity index (χ4n) is 2.21. The first-order valence-corrected chi connectivity index (χ1v) is 8.33. The zero-order valence-electron chi connectivity index (χ0n) is 14.8. The van der Waals surface area contributed by atoms with Crippen molar-refractivity contribution < 1.29 is 9.59 Å². The van der Waals surface area contributed by atoms with Gasteiger partial charge in [0.05, 0.1) is 11.9 Å². The number of aromatic nitrogens is 1. The van der Waals surface area contributed by atoms with Crippen molar-refractivity contribution in [2.24, 2.45) is 5.92 Å². The van der Waals surface area contributed by atoms with Gasteiger partial charge in [-0.3, -0.25) is 9.59 Å². The monoisotopic (exact) mass is 340 g/mol. The number of hydrogen-bond acceptors (Lipinski definition) is 4. The van der Waals surface area contributed by atoms with E-state index in [-0.39, 0.29) is 11.8 Å². The molecule has 132 valence electrons. The fraction of sp³-hybridized carbons (Fsp3) is 0.316. The van der Waals surface area contributed by atoms with Gasteiger partial charge in [-0.25, -0.2) is 4.98 Å². The van der Waals surface area contributed by atoms with Gasteiger partial charge in [-0.05, 0) is 42.7 Å². The Hall–Kier alpha value is -2.89. The van der Waals surface area contributed by atoms with Crippen molar-refractivity contribution >= 4 is 28.9 Å². The Balaban J connectivity index is 1.95. The topological polar surface area (TPSA) is 83.1 Å². The van der Waals surface area contributed by atoms with Crippen LogP contribution in [0.25, 0.3) is 0 Å². The highest BCUT2D eigenvalue weighted by Gasteiger charge is 2.08. The van der Waals surface area contributed by atoms with E-state index in [1.165, 1.54) is 6.92 Å². The van der Waals surface area contributed by atoms with E-state index < -0.39 is 0 Å². The molecule has 0 radical (unpaired) electrons. The first kappa shape index (κ1) is 18.4. The second kappa shape index (κ2) is 8.82. The summed E-state index contributed by atoms with van der Waals surface area (Å²) in [6, 6.07) is 10.5. The maximum atomic E-state index is 12.3. The van der Waals surface area contributed by atoms with Crippen LogP contribution in [0, 0.1) is 5.92 Å². The van der Waals surface area contributed by atoms with Gasteiger partial charge in [0, 0.05) is 24.8 Å². The molecule has 25 heavy (non-hydrogen) atoms. The highest BCUT2D eigenvalue weighted by Crippen LogP contribution is 2.16. The minimum atomic E-state index is -0.297. The van der Waals surface area contributed by atoms with Gasteiger partial charge in [-0.1, -0.05) is 19.9 Å². The quantitative estimate of drug-likeness (QED) is 0.717. The SMILES string of the molecule is CC(=O)Nc1cccc(NC(=O)c2ccc(NCCC(C)C)cn2)c1. The van der Waals surface area contributed by atoms with E-state index in [1.807, 2.05) is 6.07 Å². The van der Waals surface area contributed by atoms with E-state index >= 15 is 0 Å². The van der Waals surface area contributed by atoms with Crippen molar-refractivity contribution in [3.63, 3.8) is 0 Å². The molecule has 1 aromatic carbocycles. The van der Waals surface area contributed by atoms with E-state index in [0.717, 1.165) is 18.7 Å². The lowest BCUT2D eigenvalue weighted by Crippen LogP contribution is -2.14. The normalized spacial score (nSPS) is 10.4. The van der Waals surface area contributed by atoms with Gasteiger partial charge < -0.3 is 16.0 Å². The summed E-state index contributed by atoms with van der Waals surface area (Å²) in [6.45, 7) is 6.66. The molecule has 0 aliphatic heterocycles. The highest BCUT2D eigenvalue weighted by molar-refractivity contribution is 6.03. The number of carbonyl (C=O) groups is 2. The summed E-state index contributed by atoms with van der Waals surface area (Å²) in [6.07, 6.45) is 2.73. The molecule has 0 aliphatic rings. The van der Waals surface area contributed by atoms with Crippen LogP contribution in [0.4, 0.5) is 17.1 Å². The highest BCUT2D eigenvalue weighted by atomic mass is 16.2. The predicted molar refractivity (Wildman–Crippen MR) is 101 cm³/mol. The minimum Gasteiger partial charge on any atom is -0.384 e. The van der Waals surface area contributed by atoms with Crippen molar-refractivity contribution in [3.05, 3.63) is 48.3 Å². The Kier molecular flexibility index (Phi) is 6.51. The molecule has 2 amide bonds. The summed E-state index contributed by atoms with van der Waals surface area (Å²) in [5, 5.41) is 8.74. The third-order valence-electron chi connectivity index (χ3n) is 3.49. The number of nitrogens with zero attached hydrogens (tertiary/aromatic N) is 1. The van der Waals surface area contributed by atoms with Crippen molar-refractivity contribution in [2.75, 3.05) is 22.5 Å². The van der Waals surface area contributed by atoms with Gasteiger partial charge in [-0.2, -0.15) is 0 Å². The molecule has 6 heteroatoms. The predicted octanol–water partition coefficient (Wildman–Crippen LogP) is 3.75. The molecule has 1 aromatic heterocycles. The Morgan fingerprint density at radius 2 is 1.76 bits per heavy atom. The molecule has 3 N–H and O–H groups in total. The van der Waals surface area contributed by atoms with Crippen molar-refractivity contribution in [3.8, 4) is 0 Å². The minimum absolute atomic E-state index is 0.161. The van der Waals surface area contributed by atoms with Gasteiger partial charge in [0.2, 0.25) is 5.91 Å². The van der Waals surface area contributed by atoms with Crippen LogP contribution in [0.15, 0.2) is 42.6 Å². The average molecular weight is 340 g/mol. The van der Waals surface area contributed by atoms with Crippen molar-refractivity contribution in [2.45, 2.75) is 27.2 Å². The molecule has 0 unspecified atom stereocenters. The largest absolute Gasteiger partial charge is 0.384 e. The molecule has 2 aromatic rings. The lowest BCUT2D eigenvalue weighted by Gasteiger charge is -2.09. The molecular formula is C19H24N4O2. The summed E-state index contributed by atoms with van der Waals surface area (Å²) < 4.78 is 0. The number of pyridine rings is 1. The summed E-state index contributed by atoms with van der Waals surface area (Å²) in [5.74, 6) is 0.179. The number of rotatable bonds is 7. The second-order valence-corrected chi connectivity index (χ2v) is 6.26. The molecule has 0 bridgehead atoms. The Morgan fingerprint density at radius 1 is 1.04 bits per heavy atom. The smallest absolute Gasteiger partial charge is 0.274 e. The van der Waals surface area contributed by atoms with E-state index in [9.17, 15) is 9.59 Å². The Bertz CT molecular complexity index is 726. The lowest BCUT2D eigenvalue weighted by atomic mass is 10.1. The molecule has 2 rings (SSSR count). The molecule has 1 heterocycles. The van der Waals surface area contributed by atoms with Crippen LogP contribution in [0.1, 0.15) is 37.7 Å². The maximum absolute atomic E-state index is 12.3. The molecule has 0 saturated carbocycles. The third-order valence-corrected chi connectivity index (χ3v) is 3.49. The number of carbonyl (C=O) groups excluding carboxylic acids is 2. The third kappa shape index (κ3) is 6.25. The van der Waals surface area contributed by atoms with Crippen LogP contribution in [0.5, 0.6) is 0 Å². The Labute approximate surface area is 148 Å². The first-order chi connectivity index (χ1) is 11.9. The number of nitrogens with one attached hydrogen (secondary N) is 3. The van der Waals surface area contributed by atoms with Crippen LogP contribution in [0.2, 0.25) is 0 Å². The van der Waals surface area contributed by atoms with E-state index in [1.54, 1.807) is 36.5 Å². The first-order valence-electron chi connectivity index (χ1n) is 8.33. The van der Waals surface area contributed by atoms with E-state index in [0.29, 0.717) is 23.0 Å². The van der Waals surface area contributed by atoms with Gasteiger partial charge >= 0.3 is 0 Å². The molecule has 0 saturated heterocycles. The molecule has 0 atom stereocenters. The lowest BCUT2D eigenvalue weighted by molar-refractivity contribution is -0.114. The van der Waals surface area contributed by atoms with Crippen LogP contribution in [-0.2, 0) is 4.79 Å². The Morgan fingerprint density at radius 3 is 2.36 bits per heavy atom. The van der Waals surface area contributed by atoms with E-state index in [4.69, 9.17) is 0 Å². The second-order valence-electron chi connectivity index (χ2n) is 6.26. The van der Waals surface area contributed by atoms with Crippen molar-refractivity contribution in [1.82, 2.24) is 4.98 Å². The zero-order valence-corrected chi connectivity index (χ0v) is 14.8. The maximum Gasteiger partial charge on any atom is 0.274 e. The average Bonchev–Trinajstić information content (AvgIpc) is 2.55. The van der Waals surface area contributed by atoms with Crippen molar-refractivity contribution in [1.29, 1.82) is 0 Å². The van der Waals surface area contributed by atoms with Gasteiger partial charge in [0.15, 0.2) is 0 Å². The summed E-state index contributed by atoms with van der Waals surface area (Å²) in [7, 11) is 0. The van der Waals surface area contributed by atoms with Crippen LogP contribution < -0.4 is 16.0 Å².